The summed E-state index contributed by atoms with van der Waals surface area (Å²) in [5.41, 5.74) is 1.29. The minimum absolute atomic E-state index is 0.289. The highest BCUT2D eigenvalue weighted by atomic mass is 16.5. The van der Waals surface area contributed by atoms with Crippen molar-refractivity contribution in [3.63, 3.8) is 0 Å². The first-order valence-electron chi connectivity index (χ1n) is 6.84. The molecule has 104 valence electrons. The second-order valence-electron chi connectivity index (χ2n) is 5.10. The van der Waals surface area contributed by atoms with Crippen molar-refractivity contribution in [2.24, 2.45) is 5.92 Å². The topological polar surface area (TPSA) is 59.9 Å². The first-order valence-corrected chi connectivity index (χ1v) is 6.84. The molecule has 1 aliphatic rings. The quantitative estimate of drug-likeness (QED) is 0.918. The van der Waals surface area contributed by atoms with Gasteiger partial charge >= 0.3 is 0 Å². The van der Waals surface area contributed by atoms with Gasteiger partial charge in [0.2, 0.25) is 0 Å². The standard InChI is InChI=1S/C15H18N4O/c1-11-17-7-4-15(18-11)19-14-10-20-9-13(14)8-12-2-5-16-6-3-12/h2-7,13-14H,8-10H2,1H3,(H,17,18,19)/t13-,14+/m1/s1. The summed E-state index contributed by atoms with van der Waals surface area (Å²) in [5.74, 6) is 2.10. The van der Waals surface area contributed by atoms with E-state index >= 15 is 0 Å². The molecule has 2 atom stereocenters. The largest absolute Gasteiger partial charge is 0.379 e. The maximum Gasteiger partial charge on any atom is 0.129 e. The predicted octanol–water partition coefficient (Wildman–Crippen LogP) is 1.85. The van der Waals surface area contributed by atoms with Crippen LogP contribution >= 0.6 is 0 Å². The summed E-state index contributed by atoms with van der Waals surface area (Å²) in [5, 5.41) is 3.46. The Labute approximate surface area is 118 Å². The number of nitrogens with one attached hydrogen (secondary N) is 1. The second-order valence-corrected chi connectivity index (χ2v) is 5.10. The lowest BCUT2D eigenvalue weighted by atomic mass is 9.95. The number of pyridine rings is 1. The van der Waals surface area contributed by atoms with Crippen LogP contribution in [0.15, 0.2) is 36.8 Å². The molecular weight excluding hydrogens is 252 g/mol. The van der Waals surface area contributed by atoms with Gasteiger partial charge in [0.15, 0.2) is 0 Å². The summed E-state index contributed by atoms with van der Waals surface area (Å²) in [7, 11) is 0. The Kier molecular flexibility index (Phi) is 3.87. The molecule has 1 fully saturated rings. The maximum atomic E-state index is 5.62. The molecule has 0 aromatic carbocycles. The minimum atomic E-state index is 0.289. The zero-order valence-corrected chi connectivity index (χ0v) is 11.5. The van der Waals surface area contributed by atoms with Crippen LogP contribution in [-0.4, -0.2) is 34.2 Å². The van der Waals surface area contributed by atoms with E-state index in [9.17, 15) is 0 Å². The average Bonchev–Trinajstić information content (AvgIpc) is 2.87. The normalized spacial score (nSPS) is 21.9. The van der Waals surface area contributed by atoms with Crippen molar-refractivity contribution in [2.75, 3.05) is 18.5 Å². The summed E-state index contributed by atoms with van der Waals surface area (Å²) in [6, 6.07) is 6.31. The van der Waals surface area contributed by atoms with Gasteiger partial charge in [0.25, 0.3) is 0 Å². The van der Waals surface area contributed by atoms with Crippen molar-refractivity contribution < 1.29 is 4.74 Å². The monoisotopic (exact) mass is 270 g/mol. The van der Waals surface area contributed by atoms with Crippen LogP contribution in [0.2, 0.25) is 0 Å². The lowest BCUT2D eigenvalue weighted by molar-refractivity contribution is 0.185. The number of rotatable bonds is 4. The van der Waals surface area contributed by atoms with E-state index in [1.54, 1.807) is 6.20 Å². The molecule has 0 spiro atoms. The molecule has 1 aliphatic heterocycles. The fourth-order valence-corrected chi connectivity index (χ4v) is 2.51. The smallest absolute Gasteiger partial charge is 0.129 e. The van der Waals surface area contributed by atoms with Gasteiger partial charge in [-0.25, -0.2) is 9.97 Å². The van der Waals surface area contributed by atoms with E-state index < -0.39 is 0 Å². The number of hydrogen-bond donors (Lipinski definition) is 1. The van der Waals surface area contributed by atoms with Gasteiger partial charge in [-0.1, -0.05) is 0 Å². The van der Waals surface area contributed by atoms with Gasteiger partial charge in [0.1, 0.15) is 11.6 Å². The number of ether oxygens (including phenoxy) is 1. The van der Waals surface area contributed by atoms with Crippen LogP contribution in [0.3, 0.4) is 0 Å². The van der Waals surface area contributed by atoms with Crippen molar-refractivity contribution in [1.82, 2.24) is 15.0 Å². The lowest BCUT2D eigenvalue weighted by Gasteiger charge is -2.19. The van der Waals surface area contributed by atoms with Crippen LogP contribution in [0.5, 0.6) is 0 Å². The Balaban J connectivity index is 1.66. The molecule has 1 saturated heterocycles. The summed E-state index contributed by atoms with van der Waals surface area (Å²) < 4.78 is 5.62. The van der Waals surface area contributed by atoms with Crippen LogP contribution in [0.1, 0.15) is 11.4 Å². The van der Waals surface area contributed by atoms with Gasteiger partial charge in [0.05, 0.1) is 19.3 Å². The highest BCUT2D eigenvalue weighted by Crippen LogP contribution is 2.21. The molecule has 0 unspecified atom stereocenters. The molecule has 0 bridgehead atoms. The van der Waals surface area contributed by atoms with Crippen molar-refractivity contribution in [3.05, 3.63) is 48.2 Å². The van der Waals surface area contributed by atoms with Gasteiger partial charge in [-0.2, -0.15) is 0 Å². The van der Waals surface area contributed by atoms with Crippen molar-refractivity contribution in [1.29, 1.82) is 0 Å². The van der Waals surface area contributed by atoms with Gasteiger partial charge in [-0.3, -0.25) is 4.98 Å². The lowest BCUT2D eigenvalue weighted by Crippen LogP contribution is -2.29. The van der Waals surface area contributed by atoms with E-state index in [-0.39, 0.29) is 6.04 Å². The summed E-state index contributed by atoms with van der Waals surface area (Å²) in [6.07, 6.45) is 6.44. The molecule has 1 N–H and O–H groups in total. The van der Waals surface area contributed by atoms with Gasteiger partial charge in [-0.15, -0.1) is 0 Å². The molecule has 2 aromatic rings. The third-order valence-corrected chi connectivity index (χ3v) is 3.55. The minimum Gasteiger partial charge on any atom is -0.379 e. The van der Waals surface area contributed by atoms with Crippen LogP contribution in [0, 0.1) is 12.8 Å². The van der Waals surface area contributed by atoms with Crippen LogP contribution in [0.4, 0.5) is 5.82 Å². The molecular formula is C15H18N4O. The zero-order chi connectivity index (χ0) is 13.8. The van der Waals surface area contributed by atoms with Crippen molar-refractivity contribution in [3.8, 4) is 0 Å². The highest BCUT2D eigenvalue weighted by Gasteiger charge is 2.28. The predicted molar refractivity (Wildman–Crippen MR) is 76.4 cm³/mol. The molecule has 2 aromatic heterocycles. The zero-order valence-electron chi connectivity index (χ0n) is 11.5. The molecule has 3 heterocycles. The Morgan fingerprint density at radius 3 is 2.85 bits per heavy atom. The number of hydrogen-bond acceptors (Lipinski definition) is 5. The van der Waals surface area contributed by atoms with E-state index in [2.05, 4.69) is 32.4 Å². The summed E-state index contributed by atoms with van der Waals surface area (Å²) in [6.45, 7) is 3.40. The third kappa shape index (κ3) is 3.11. The van der Waals surface area contributed by atoms with Gasteiger partial charge < -0.3 is 10.1 Å². The molecule has 0 amide bonds. The molecule has 0 aliphatic carbocycles. The van der Waals surface area contributed by atoms with Crippen molar-refractivity contribution in [2.45, 2.75) is 19.4 Å². The molecule has 0 saturated carbocycles. The maximum absolute atomic E-state index is 5.62. The Morgan fingerprint density at radius 1 is 1.20 bits per heavy atom. The fourth-order valence-electron chi connectivity index (χ4n) is 2.51. The van der Waals surface area contributed by atoms with Crippen molar-refractivity contribution >= 4 is 5.82 Å². The first kappa shape index (κ1) is 13.0. The number of aryl methyl sites for hydroxylation is 1. The van der Waals surface area contributed by atoms with Crippen LogP contribution in [0.25, 0.3) is 0 Å². The van der Waals surface area contributed by atoms with E-state index in [1.807, 2.05) is 25.4 Å². The third-order valence-electron chi connectivity index (χ3n) is 3.55. The molecule has 5 nitrogen and oxygen atoms in total. The number of aromatic nitrogens is 3. The summed E-state index contributed by atoms with van der Waals surface area (Å²) >= 11 is 0. The van der Waals surface area contributed by atoms with Gasteiger partial charge in [-0.05, 0) is 37.1 Å². The molecule has 3 rings (SSSR count). The van der Waals surface area contributed by atoms with Crippen LogP contribution < -0.4 is 5.32 Å². The highest BCUT2D eigenvalue weighted by molar-refractivity contribution is 5.35. The van der Waals surface area contributed by atoms with Gasteiger partial charge in [0, 0.05) is 24.5 Å². The molecule has 20 heavy (non-hydrogen) atoms. The SMILES string of the molecule is Cc1nccc(N[C@H]2COC[C@H]2Cc2ccncc2)n1. The molecule has 5 heteroatoms. The van der Waals surface area contributed by atoms with E-state index in [4.69, 9.17) is 4.74 Å². The Hall–Kier alpha value is -2.01. The number of nitrogens with zero attached hydrogens (tertiary/aromatic N) is 3. The fraction of sp³-hybridized carbons (Fsp3) is 0.400. The molecule has 0 radical (unpaired) electrons. The van der Waals surface area contributed by atoms with E-state index in [0.29, 0.717) is 5.92 Å². The summed E-state index contributed by atoms with van der Waals surface area (Å²) in [4.78, 5) is 12.6. The Morgan fingerprint density at radius 2 is 2.05 bits per heavy atom. The average molecular weight is 270 g/mol. The van der Waals surface area contributed by atoms with Crippen LogP contribution in [-0.2, 0) is 11.2 Å². The first-order chi connectivity index (χ1) is 9.81. The van der Waals surface area contributed by atoms with E-state index in [0.717, 1.165) is 31.3 Å². The number of anilines is 1. The Bertz CT molecular complexity index is 561. The second kappa shape index (κ2) is 5.96. The van der Waals surface area contributed by atoms with E-state index in [1.165, 1.54) is 5.56 Å².